The standard InChI is InChI=1S/C25H27N5O7/c1-2-37-24(32)19(28-21-14-22(31)25(21)10-4-3-5-11-25)12-16-6-8-17(9-7-16)27-23-20(30(35)36)13-18(15-26-23)29(33)34/h6-9,13-15,19,28H,2-5,10-12H2,1H3,(H,26,27)/t19-/m0/s1. The largest absolute Gasteiger partial charge is 0.464 e. The second-order valence-electron chi connectivity index (χ2n) is 9.12. The maximum atomic E-state index is 12.7. The fourth-order valence-electron chi connectivity index (χ4n) is 4.81. The molecule has 0 radical (unpaired) electrons. The zero-order chi connectivity index (χ0) is 26.6. The molecule has 1 saturated carbocycles. The van der Waals surface area contributed by atoms with Gasteiger partial charge in [0, 0.05) is 23.9 Å². The molecule has 2 aliphatic rings. The first kappa shape index (κ1) is 25.7. The predicted octanol–water partition coefficient (Wildman–Crippen LogP) is 4.12. The monoisotopic (exact) mass is 509 g/mol. The normalized spacial score (nSPS) is 16.8. The number of nitrogens with zero attached hydrogens (tertiary/aromatic N) is 3. The third-order valence-corrected chi connectivity index (χ3v) is 6.79. The van der Waals surface area contributed by atoms with Crippen molar-refractivity contribution in [2.75, 3.05) is 11.9 Å². The highest BCUT2D eigenvalue weighted by molar-refractivity contribution is 6.05. The number of rotatable bonds is 10. The van der Waals surface area contributed by atoms with Gasteiger partial charge in [-0.25, -0.2) is 9.78 Å². The molecule has 1 fully saturated rings. The van der Waals surface area contributed by atoms with E-state index in [0.29, 0.717) is 12.1 Å². The number of carbonyl (C=O) groups is 2. The number of pyridine rings is 1. The van der Waals surface area contributed by atoms with Crippen LogP contribution in [0.4, 0.5) is 22.9 Å². The van der Waals surface area contributed by atoms with E-state index in [0.717, 1.165) is 55.6 Å². The summed E-state index contributed by atoms with van der Waals surface area (Å²) in [6.45, 7) is 1.96. The number of carbonyl (C=O) groups excluding carboxylic acids is 2. The molecule has 0 bridgehead atoms. The topological polar surface area (TPSA) is 167 Å². The van der Waals surface area contributed by atoms with Crippen molar-refractivity contribution >= 4 is 34.6 Å². The number of allylic oxidation sites excluding steroid dienone is 2. The Kier molecular flexibility index (Phi) is 7.46. The lowest BCUT2D eigenvalue weighted by Gasteiger charge is -2.44. The number of nitro groups is 2. The molecule has 1 atom stereocenters. The Bertz CT molecular complexity index is 1250. The summed E-state index contributed by atoms with van der Waals surface area (Å²) in [7, 11) is 0. The molecule has 1 aromatic heterocycles. The summed E-state index contributed by atoms with van der Waals surface area (Å²) in [5, 5.41) is 28.4. The highest BCUT2D eigenvalue weighted by atomic mass is 16.6. The summed E-state index contributed by atoms with van der Waals surface area (Å²) in [4.78, 5) is 49.8. The quantitative estimate of drug-likeness (QED) is 0.270. The van der Waals surface area contributed by atoms with E-state index in [4.69, 9.17) is 4.74 Å². The summed E-state index contributed by atoms with van der Waals surface area (Å²) in [5.41, 5.74) is 0.551. The lowest BCUT2D eigenvalue weighted by Crippen LogP contribution is -2.52. The van der Waals surface area contributed by atoms with Crippen LogP contribution >= 0.6 is 0 Å². The molecule has 0 aliphatic heterocycles. The number of ether oxygens (including phenoxy) is 1. The lowest BCUT2D eigenvalue weighted by molar-refractivity contribution is -0.394. The molecule has 2 aromatic rings. The SMILES string of the molecule is CCOC(=O)[C@H](Cc1ccc(Nc2ncc([N+](=O)[O-])cc2[N+](=O)[O-])cc1)NC1=CC(=O)C12CCCCC2. The molecule has 194 valence electrons. The highest BCUT2D eigenvalue weighted by Gasteiger charge is 2.49. The van der Waals surface area contributed by atoms with Gasteiger partial charge < -0.3 is 15.4 Å². The van der Waals surface area contributed by atoms with Crippen molar-refractivity contribution in [2.45, 2.75) is 51.5 Å². The molecule has 0 amide bonds. The Morgan fingerprint density at radius 3 is 2.43 bits per heavy atom. The summed E-state index contributed by atoms with van der Waals surface area (Å²) in [6.07, 6.45) is 7.44. The Morgan fingerprint density at radius 2 is 1.84 bits per heavy atom. The first-order valence-corrected chi connectivity index (χ1v) is 12.1. The molecule has 0 saturated heterocycles. The second kappa shape index (κ2) is 10.7. The number of hydrogen-bond donors (Lipinski definition) is 2. The van der Waals surface area contributed by atoms with E-state index < -0.39 is 38.6 Å². The van der Waals surface area contributed by atoms with Gasteiger partial charge in [0.05, 0.1) is 27.9 Å². The van der Waals surface area contributed by atoms with E-state index in [1.165, 1.54) is 0 Å². The molecule has 12 nitrogen and oxygen atoms in total. The van der Waals surface area contributed by atoms with Crippen molar-refractivity contribution in [2.24, 2.45) is 5.41 Å². The van der Waals surface area contributed by atoms with Gasteiger partial charge in [-0.15, -0.1) is 0 Å². The number of aromatic nitrogens is 1. The maximum absolute atomic E-state index is 12.7. The van der Waals surface area contributed by atoms with Gasteiger partial charge in [0.15, 0.2) is 5.78 Å². The van der Waals surface area contributed by atoms with Crippen LogP contribution in [0.25, 0.3) is 0 Å². The van der Waals surface area contributed by atoms with Gasteiger partial charge in [0.2, 0.25) is 5.82 Å². The van der Waals surface area contributed by atoms with Crippen LogP contribution in [0.2, 0.25) is 0 Å². The van der Waals surface area contributed by atoms with Crippen LogP contribution in [0.1, 0.15) is 44.6 Å². The molecule has 12 heteroatoms. The second-order valence-corrected chi connectivity index (χ2v) is 9.12. The van der Waals surface area contributed by atoms with Crippen molar-refractivity contribution in [1.29, 1.82) is 0 Å². The van der Waals surface area contributed by atoms with E-state index in [9.17, 15) is 29.8 Å². The zero-order valence-corrected chi connectivity index (χ0v) is 20.3. The number of esters is 1. The smallest absolute Gasteiger partial charge is 0.328 e. The molecule has 2 N–H and O–H groups in total. The van der Waals surface area contributed by atoms with Crippen LogP contribution in [0.3, 0.4) is 0 Å². The summed E-state index contributed by atoms with van der Waals surface area (Å²) in [5.74, 6) is -0.433. The molecule has 37 heavy (non-hydrogen) atoms. The number of anilines is 2. The van der Waals surface area contributed by atoms with Crippen LogP contribution in [0, 0.1) is 25.6 Å². The third-order valence-electron chi connectivity index (χ3n) is 6.79. The minimum absolute atomic E-state index is 0.113. The van der Waals surface area contributed by atoms with Crippen LogP contribution in [-0.4, -0.2) is 39.2 Å². The van der Waals surface area contributed by atoms with Gasteiger partial charge in [0.1, 0.15) is 12.2 Å². The van der Waals surface area contributed by atoms with Gasteiger partial charge >= 0.3 is 11.7 Å². The van der Waals surface area contributed by atoms with Crippen molar-refractivity contribution in [1.82, 2.24) is 10.3 Å². The van der Waals surface area contributed by atoms with Crippen LogP contribution in [-0.2, 0) is 20.7 Å². The van der Waals surface area contributed by atoms with Crippen LogP contribution < -0.4 is 10.6 Å². The summed E-state index contributed by atoms with van der Waals surface area (Å²) < 4.78 is 5.27. The molecular weight excluding hydrogens is 482 g/mol. The molecule has 1 aromatic carbocycles. The first-order chi connectivity index (χ1) is 17.7. The summed E-state index contributed by atoms with van der Waals surface area (Å²) >= 11 is 0. The van der Waals surface area contributed by atoms with E-state index in [2.05, 4.69) is 15.6 Å². The van der Waals surface area contributed by atoms with Crippen molar-refractivity contribution in [3.63, 3.8) is 0 Å². The molecule has 0 unspecified atom stereocenters. The number of hydrogen-bond acceptors (Lipinski definition) is 10. The Morgan fingerprint density at radius 1 is 1.14 bits per heavy atom. The molecular formula is C25H27N5O7. The van der Waals surface area contributed by atoms with Crippen LogP contribution in [0.5, 0.6) is 0 Å². The van der Waals surface area contributed by atoms with Crippen molar-refractivity contribution < 1.29 is 24.2 Å². The summed E-state index contributed by atoms with van der Waals surface area (Å²) in [6, 6.07) is 7.00. The van der Waals surface area contributed by atoms with E-state index >= 15 is 0 Å². The number of benzene rings is 1. The van der Waals surface area contributed by atoms with Crippen molar-refractivity contribution in [3.05, 3.63) is 74.1 Å². The Balaban J connectivity index is 1.48. The average molecular weight is 510 g/mol. The van der Waals surface area contributed by atoms with Gasteiger partial charge in [-0.1, -0.05) is 31.4 Å². The van der Waals surface area contributed by atoms with Gasteiger partial charge in [-0.05, 0) is 37.5 Å². The third kappa shape index (κ3) is 5.42. The van der Waals surface area contributed by atoms with Gasteiger partial charge in [-0.3, -0.25) is 25.0 Å². The molecule has 1 heterocycles. The van der Waals surface area contributed by atoms with Gasteiger partial charge in [-0.2, -0.15) is 0 Å². The minimum Gasteiger partial charge on any atom is -0.464 e. The minimum atomic E-state index is -0.752. The first-order valence-electron chi connectivity index (χ1n) is 12.1. The average Bonchev–Trinajstić information content (AvgIpc) is 2.89. The molecule has 1 spiro atoms. The lowest BCUT2D eigenvalue weighted by atomic mass is 9.62. The van der Waals surface area contributed by atoms with E-state index in [1.807, 2.05) is 0 Å². The molecule has 4 rings (SSSR count). The van der Waals surface area contributed by atoms with E-state index in [1.54, 1.807) is 37.3 Å². The zero-order valence-electron chi connectivity index (χ0n) is 20.3. The Labute approximate surface area is 212 Å². The Hall–Kier alpha value is -4.35. The number of nitrogens with one attached hydrogen (secondary N) is 2. The van der Waals surface area contributed by atoms with Crippen molar-refractivity contribution in [3.8, 4) is 0 Å². The van der Waals surface area contributed by atoms with Gasteiger partial charge in [0.25, 0.3) is 5.69 Å². The maximum Gasteiger partial charge on any atom is 0.328 e. The number of ketones is 1. The highest BCUT2D eigenvalue weighted by Crippen LogP contribution is 2.48. The fourth-order valence-corrected chi connectivity index (χ4v) is 4.81. The molecule has 2 aliphatic carbocycles. The predicted molar refractivity (Wildman–Crippen MR) is 133 cm³/mol. The van der Waals surface area contributed by atoms with Crippen LogP contribution in [0.15, 0.2) is 48.3 Å². The fraction of sp³-hybridized carbons (Fsp3) is 0.400. The van der Waals surface area contributed by atoms with E-state index in [-0.39, 0.29) is 18.2 Å².